The smallest absolute Gasteiger partial charge is 0.258 e. The molecule has 6 nitrogen and oxygen atoms in total. The van der Waals surface area contributed by atoms with Crippen molar-refractivity contribution in [3.63, 3.8) is 0 Å². The molecule has 1 aromatic heterocycles. The Balaban J connectivity index is 1.52. The van der Waals surface area contributed by atoms with Crippen LogP contribution in [0, 0.1) is 26.7 Å². The molecule has 1 fully saturated rings. The molecule has 1 aliphatic heterocycles. The largest absolute Gasteiger partial charge is 0.483 e. The molecule has 0 saturated carbocycles. The zero-order valence-corrected chi connectivity index (χ0v) is 14.9. The van der Waals surface area contributed by atoms with E-state index in [4.69, 9.17) is 14.0 Å². The predicted molar refractivity (Wildman–Crippen MR) is 92.6 cm³/mol. The molecular weight excluding hydrogens is 320 g/mol. The molecule has 1 saturated heterocycles. The Hall–Kier alpha value is -2.34. The van der Waals surface area contributed by atoms with Gasteiger partial charge in [0.25, 0.3) is 5.91 Å². The van der Waals surface area contributed by atoms with Gasteiger partial charge in [-0.15, -0.1) is 0 Å². The maximum Gasteiger partial charge on any atom is 0.258 e. The third-order valence-corrected chi connectivity index (χ3v) is 4.60. The summed E-state index contributed by atoms with van der Waals surface area (Å²) in [5, 5.41) is 6.91. The zero-order valence-electron chi connectivity index (χ0n) is 14.9. The fraction of sp³-hybridized carbons (Fsp3) is 0.474. The highest BCUT2D eigenvalue weighted by atomic mass is 16.5. The third kappa shape index (κ3) is 4.39. The van der Waals surface area contributed by atoms with E-state index in [0.717, 1.165) is 28.3 Å². The maximum absolute atomic E-state index is 12.2. The number of aryl methyl sites for hydroxylation is 2. The summed E-state index contributed by atoms with van der Waals surface area (Å²) in [6, 6.07) is 7.70. The number of hydrogen-bond donors (Lipinski definition) is 1. The number of carbonyl (C=O) groups excluding carboxylic acids is 1. The first kappa shape index (κ1) is 17.5. The van der Waals surface area contributed by atoms with Crippen LogP contribution in [0.3, 0.4) is 0 Å². The molecular formula is C19H24N2O4. The Morgan fingerprint density at radius 2 is 2.16 bits per heavy atom. The van der Waals surface area contributed by atoms with Crippen molar-refractivity contribution < 1.29 is 18.8 Å². The number of hydrogen-bond acceptors (Lipinski definition) is 5. The van der Waals surface area contributed by atoms with E-state index in [0.29, 0.717) is 19.6 Å². The van der Waals surface area contributed by atoms with Gasteiger partial charge in [-0.25, -0.2) is 0 Å². The van der Waals surface area contributed by atoms with Crippen LogP contribution in [0.5, 0.6) is 5.75 Å². The number of benzene rings is 1. The highest BCUT2D eigenvalue weighted by Gasteiger charge is 2.30. The lowest BCUT2D eigenvalue weighted by atomic mass is 9.98. The third-order valence-electron chi connectivity index (χ3n) is 4.60. The highest BCUT2D eigenvalue weighted by molar-refractivity contribution is 5.78. The number of rotatable bonds is 6. The summed E-state index contributed by atoms with van der Waals surface area (Å²) in [6.07, 6.45) is 0.698. The van der Waals surface area contributed by atoms with E-state index >= 15 is 0 Å². The van der Waals surface area contributed by atoms with Crippen LogP contribution in [0.15, 0.2) is 28.8 Å². The van der Waals surface area contributed by atoms with Gasteiger partial charge in [-0.1, -0.05) is 17.3 Å². The van der Waals surface area contributed by atoms with Crippen LogP contribution in [-0.2, 0) is 16.0 Å². The number of nitrogens with one attached hydrogen (secondary N) is 1. The minimum absolute atomic E-state index is 0.00503. The summed E-state index contributed by atoms with van der Waals surface area (Å²) < 4.78 is 16.5. The second-order valence-corrected chi connectivity index (χ2v) is 6.60. The van der Waals surface area contributed by atoms with Crippen LogP contribution in [0.1, 0.15) is 22.6 Å². The molecule has 1 aliphatic rings. The predicted octanol–water partition coefficient (Wildman–Crippen LogP) is 2.35. The molecule has 134 valence electrons. The van der Waals surface area contributed by atoms with Crippen molar-refractivity contribution in [2.24, 2.45) is 5.92 Å². The second-order valence-electron chi connectivity index (χ2n) is 6.60. The summed E-state index contributed by atoms with van der Waals surface area (Å²) in [6.45, 7) is 7.00. The number of ether oxygens (including phenoxy) is 2. The molecule has 0 bridgehead atoms. The SMILES string of the molecule is Cc1cc(C[C@@H]2COC[C@@H]2NC(=O)COc2cccc(C)c2C)on1. The summed E-state index contributed by atoms with van der Waals surface area (Å²) in [7, 11) is 0. The van der Waals surface area contributed by atoms with Gasteiger partial charge in [0.15, 0.2) is 6.61 Å². The van der Waals surface area contributed by atoms with Crippen molar-refractivity contribution in [2.45, 2.75) is 33.2 Å². The van der Waals surface area contributed by atoms with Gasteiger partial charge in [0.1, 0.15) is 11.5 Å². The average molecular weight is 344 g/mol. The molecule has 2 aromatic rings. The molecule has 0 unspecified atom stereocenters. The molecule has 2 heterocycles. The van der Waals surface area contributed by atoms with Gasteiger partial charge in [-0.2, -0.15) is 0 Å². The molecule has 2 atom stereocenters. The normalized spacial score (nSPS) is 19.8. The molecule has 1 N–H and O–H groups in total. The zero-order chi connectivity index (χ0) is 17.8. The van der Waals surface area contributed by atoms with E-state index in [1.165, 1.54) is 0 Å². The van der Waals surface area contributed by atoms with E-state index in [2.05, 4.69) is 10.5 Å². The van der Waals surface area contributed by atoms with Crippen molar-refractivity contribution in [3.8, 4) is 5.75 Å². The van der Waals surface area contributed by atoms with Gasteiger partial charge in [-0.05, 0) is 38.0 Å². The van der Waals surface area contributed by atoms with Crippen LogP contribution in [0.4, 0.5) is 0 Å². The fourth-order valence-electron chi connectivity index (χ4n) is 3.00. The van der Waals surface area contributed by atoms with E-state index < -0.39 is 0 Å². The van der Waals surface area contributed by atoms with Gasteiger partial charge >= 0.3 is 0 Å². The van der Waals surface area contributed by atoms with Gasteiger partial charge in [0, 0.05) is 18.4 Å². The van der Waals surface area contributed by atoms with E-state index in [1.54, 1.807) is 0 Å². The first-order chi connectivity index (χ1) is 12.0. The Bertz CT molecular complexity index is 741. The van der Waals surface area contributed by atoms with Crippen LogP contribution in [0.2, 0.25) is 0 Å². The van der Waals surface area contributed by atoms with Crippen molar-refractivity contribution in [2.75, 3.05) is 19.8 Å². The maximum atomic E-state index is 12.2. The average Bonchev–Trinajstić information content (AvgIpc) is 3.18. The van der Waals surface area contributed by atoms with Crippen molar-refractivity contribution in [1.82, 2.24) is 10.5 Å². The lowest BCUT2D eigenvalue weighted by Gasteiger charge is -2.18. The molecule has 1 amide bonds. The Morgan fingerprint density at radius 1 is 1.32 bits per heavy atom. The lowest BCUT2D eigenvalue weighted by molar-refractivity contribution is -0.124. The van der Waals surface area contributed by atoms with Crippen LogP contribution in [0.25, 0.3) is 0 Å². The molecule has 0 spiro atoms. The lowest BCUT2D eigenvalue weighted by Crippen LogP contribution is -2.42. The topological polar surface area (TPSA) is 73.6 Å². The van der Waals surface area contributed by atoms with Gasteiger partial charge in [0.2, 0.25) is 0 Å². The van der Waals surface area contributed by atoms with Crippen LogP contribution >= 0.6 is 0 Å². The molecule has 25 heavy (non-hydrogen) atoms. The van der Waals surface area contributed by atoms with E-state index in [-0.39, 0.29) is 24.5 Å². The minimum Gasteiger partial charge on any atom is -0.483 e. The molecule has 0 aliphatic carbocycles. The van der Waals surface area contributed by atoms with Crippen LogP contribution < -0.4 is 10.1 Å². The molecule has 3 rings (SSSR count). The van der Waals surface area contributed by atoms with Crippen molar-refractivity contribution >= 4 is 5.91 Å². The van der Waals surface area contributed by atoms with Crippen molar-refractivity contribution in [3.05, 3.63) is 46.8 Å². The summed E-state index contributed by atoms with van der Waals surface area (Å²) in [5.74, 6) is 1.59. The summed E-state index contributed by atoms with van der Waals surface area (Å²) in [5.41, 5.74) is 3.05. The van der Waals surface area contributed by atoms with Crippen LogP contribution in [-0.4, -0.2) is 36.9 Å². The second kappa shape index (κ2) is 7.70. The summed E-state index contributed by atoms with van der Waals surface area (Å²) >= 11 is 0. The standard InChI is InChI=1S/C19H24N2O4/c1-12-5-4-6-18(14(12)3)24-11-19(22)20-17-10-23-9-15(17)8-16-7-13(2)21-25-16/h4-7,15,17H,8-11H2,1-3H3,(H,20,22)/t15-,17+/m1/s1. The minimum atomic E-state index is -0.143. The number of aromatic nitrogens is 1. The van der Waals surface area contributed by atoms with Gasteiger partial charge < -0.3 is 19.3 Å². The highest BCUT2D eigenvalue weighted by Crippen LogP contribution is 2.21. The molecule has 1 aromatic carbocycles. The molecule has 0 radical (unpaired) electrons. The Labute approximate surface area is 147 Å². The first-order valence-corrected chi connectivity index (χ1v) is 8.51. The first-order valence-electron chi connectivity index (χ1n) is 8.51. The fourth-order valence-corrected chi connectivity index (χ4v) is 3.00. The summed E-state index contributed by atoms with van der Waals surface area (Å²) in [4.78, 5) is 12.2. The van der Waals surface area contributed by atoms with Gasteiger partial charge in [0.05, 0.1) is 24.9 Å². The van der Waals surface area contributed by atoms with E-state index in [9.17, 15) is 4.79 Å². The van der Waals surface area contributed by atoms with Crippen molar-refractivity contribution in [1.29, 1.82) is 0 Å². The van der Waals surface area contributed by atoms with E-state index in [1.807, 2.05) is 45.0 Å². The quantitative estimate of drug-likeness (QED) is 0.871. The Kier molecular flexibility index (Phi) is 5.38. The number of amides is 1. The Morgan fingerprint density at radius 3 is 2.92 bits per heavy atom. The number of carbonyl (C=O) groups is 1. The molecule has 6 heteroatoms. The number of nitrogens with zero attached hydrogens (tertiary/aromatic N) is 1. The monoisotopic (exact) mass is 344 g/mol. The van der Waals surface area contributed by atoms with Gasteiger partial charge in [-0.3, -0.25) is 4.79 Å².